The third kappa shape index (κ3) is 5.81. The quantitative estimate of drug-likeness (QED) is 0.283. The summed E-state index contributed by atoms with van der Waals surface area (Å²) >= 11 is 0. The van der Waals surface area contributed by atoms with E-state index in [-0.39, 0.29) is 17.9 Å². The maximum Gasteiger partial charge on any atom is 0.252 e. The Hall–Kier alpha value is -4.63. The van der Waals surface area contributed by atoms with Crippen molar-refractivity contribution in [2.75, 3.05) is 12.4 Å². The van der Waals surface area contributed by atoms with E-state index in [1.807, 2.05) is 39.0 Å². The summed E-state index contributed by atoms with van der Waals surface area (Å²) in [6, 6.07) is 9.25. The number of ether oxygens (including phenoxy) is 1. The molecule has 1 amide bonds. The van der Waals surface area contributed by atoms with E-state index < -0.39 is 11.4 Å². The molecule has 1 fully saturated rings. The number of nitrogens with zero attached hydrogens (tertiary/aromatic N) is 6. The van der Waals surface area contributed by atoms with Gasteiger partial charge in [-0.15, -0.1) is 0 Å². The molecule has 4 heterocycles. The van der Waals surface area contributed by atoms with E-state index in [4.69, 9.17) is 9.72 Å². The van der Waals surface area contributed by atoms with Crippen LogP contribution in [-0.4, -0.2) is 48.6 Å². The molecular formula is C29H32FN9O2. The molecule has 0 saturated heterocycles. The Labute approximate surface area is 237 Å². The molecule has 11 nitrogen and oxygen atoms in total. The first-order valence-electron chi connectivity index (χ1n) is 13.4. The lowest BCUT2D eigenvalue weighted by molar-refractivity contribution is -0.148. The molecule has 0 aliphatic heterocycles. The number of hydrogen-bond donors (Lipinski definition) is 3. The third-order valence-electron chi connectivity index (χ3n) is 7.70. The van der Waals surface area contributed by atoms with Crippen LogP contribution in [0.25, 0.3) is 5.82 Å². The van der Waals surface area contributed by atoms with Crippen molar-refractivity contribution in [3.8, 4) is 11.9 Å². The summed E-state index contributed by atoms with van der Waals surface area (Å²) in [6.07, 6.45) is 6.24. The zero-order valence-electron chi connectivity index (χ0n) is 23.4. The first kappa shape index (κ1) is 27.9. The van der Waals surface area contributed by atoms with E-state index in [1.54, 1.807) is 19.4 Å². The van der Waals surface area contributed by atoms with Crippen LogP contribution in [0.2, 0.25) is 0 Å². The van der Waals surface area contributed by atoms with Gasteiger partial charge in [0.2, 0.25) is 0 Å². The Morgan fingerprint density at radius 2 is 2.05 bits per heavy atom. The summed E-state index contributed by atoms with van der Waals surface area (Å²) in [6.45, 7) is 5.70. The zero-order chi connectivity index (χ0) is 29.1. The van der Waals surface area contributed by atoms with Crippen molar-refractivity contribution in [1.82, 2.24) is 35.3 Å². The fourth-order valence-electron chi connectivity index (χ4n) is 5.27. The van der Waals surface area contributed by atoms with Gasteiger partial charge in [-0.2, -0.15) is 15.5 Å². The van der Waals surface area contributed by atoms with Crippen LogP contribution < -0.4 is 10.6 Å². The summed E-state index contributed by atoms with van der Waals surface area (Å²) in [5.41, 5.74) is 2.83. The molecule has 1 aliphatic carbocycles. The summed E-state index contributed by atoms with van der Waals surface area (Å²) in [5, 5.41) is 27.2. The Morgan fingerprint density at radius 1 is 1.27 bits per heavy atom. The van der Waals surface area contributed by atoms with Crippen molar-refractivity contribution in [1.29, 1.82) is 5.26 Å². The minimum atomic E-state index is -0.990. The fourth-order valence-corrected chi connectivity index (χ4v) is 5.27. The molecule has 0 spiro atoms. The lowest BCUT2D eigenvalue weighted by Gasteiger charge is -2.38. The molecule has 0 aromatic carbocycles. The number of pyridine rings is 2. The number of carbonyl (C=O) groups is 1. The number of aryl methyl sites for hydroxylation is 2. The van der Waals surface area contributed by atoms with Crippen LogP contribution >= 0.6 is 0 Å². The number of nitriles is 1. The summed E-state index contributed by atoms with van der Waals surface area (Å²) in [7, 11) is 1.56. The van der Waals surface area contributed by atoms with Crippen LogP contribution in [0, 0.1) is 31.0 Å². The average Bonchev–Trinajstić information content (AvgIpc) is 3.61. The standard InChI is InChI=1S/C29H32FN9O2/c1-17-11-22(13-31)26(36-27(17)35-24-12-18(2)37-38-24)20-7-9-29(41-4,10-8-20)28(40)34-19(3)21-5-6-25(32-14-21)39-16-23(30)15-33-39/h5-6,11-12,14-16,19-20H,7-10H2,1-4H3,(H,34,40)(H2,35,36,37,38)/t19-,20-,29-/m0/s1. The summed E-state index contributed by atoms with van der Waals surface area (Å²) in [4.78, 5) is 22.7. The van der Waals surface area contributed by atoms with E-state index in [0.717, 1.165) is 28.7 Å². The Bertz CT molecular complexity index is 1580. The van der Waals surface area contributed by atoms with E-state index >= 15 is 0 Å². The highest BCUT2D eigenvalue weighted by Gasteiger charge is 2.43. The van der Waals surface area contributed by atoms with Crippen molar-refractivity contribution in [3.05, 3.63) is 76.8 Å². The van der Waals surface area contributed by atoms with Gasteiger partial charge < -0.3 is 15.4 Å². The number of methoxy groups -OCH3 is 1. The highest BCUT2D eigenvalue weighted by molar-refractivity contribution is 5.85. The number of anilines is 2. The second-order valence-corrected chi connectivity index (χ2v) is 10.5. The molecule has 212 valence electrons. The molecule has 0 bridgehead atoms. The predicted octanol–water partition coefficient (Wildman–Crippen LogP) is 4.68. The van der Waals surface area contributed by atoms with Crippen molar-refractivity contribution in [2.24, 2.45) is 0 Å². The smallest absolute Gasteiger partial charge is 0.252 e. The van der Waals surface area contributed by atoms with E-state index in [2.05, 4.69) is 37.0 Å². The molecule has 5 rings (SSSR count). The lowest BCUT2D eigenvalue weighted by Crippen LogP contribution is -2.50. The van der Waals surface area contributed by atoms with Gasteiger partial charge in [-0.1, -0.05) is 6.07 Å². The second kappa shape index (κ2) is 11.5. The third-order valence-corrected chi connectivity index (χ3v) is 7.70. The van der Waals surface area contributed by atoms with Gasteiger partial charge >= 0.3 is 0 Å². The van der Waals surface area contributed by atoms with E-state index in [0.29, 0.717) is 48.7 Å². The van der Waals surface area contributed by atoms with Gasteiger partial charge in [0.05, 0.1) is 29.7 Å². The first-order chi connectivity index (χ1) is 19.7. The fraction of sp³-hybridized carbons (Fsp3) is 0.379. The highest BCUT2D eigenvalue weighted by atomic mass is 19.1. The van der Waals surface area contributed by atoms with Crippen molar-refractivity contribution in [3.63, 3.8) is 0 Å². The maximum atomic E-state index is 13.5. The molecular weight excluding hydrogens is 525 g/mol. The molecule has 0 radical (unpaired) electrons. The number of hydrogen-bond acceptors (Lipinski definition) is 8. The Morgan fingerprint density at radius 3 is 2.63 bits per heavy atom. The molecule has 1 saturated carbocycles. The lowest BCUT2D eigenvalue weighted by atomic mass is 9.76. The van der Waals surface area contributed by atoms with Crippen molar-refractivity contribution < 1.29 is 13.9 Å². The number of aromatic nitrogens is 6. The van der Waals surface area contributed by atoms with Crippen molar-refractivity contribution in [2.45, 2.75) is 64.0 Å². The number of carbonyl (C=O) groups excluding carboxylic acids is 1. The molecule has 41 heavy (non-hydrogen) atoms. The van der Waals surface area contributed by atoms with E-state index in [1.165, 1.54) is 10.9 Å². The minimum Gasteiger partial charge on any atom is -0.368 e. The van der Waals surface area contributed by atoms with Crippen LogP contribution in [0.3, 0.4) is 0 Å². The largest absolute Gasteiger partial charge is 0.368 e. The number of amides is 1. The van der Waals surface area contributed by atoms with Crippen molar-refractivity contribution >= 4 is 17.5 Å². The molecule has 4 aromatic heterocycles. The average molecular weight is 558 g/mol. The van der Waals surface area contributed by atoms with Gasteiger partial charge in [0.25, 0.3) is 5.91 Å². The SMILES string of the molecule is CO[C@]1(C(=O)N[C@@H](C)c2ccc(-n3cc(F)cn3)nc2)CC[C@@H](c2nc(Nc3cc(C)[nH]n3)c(C)cc2C#N)CC1. The second-order valence-electron chi connectivity index (χ2n) is 10.5. The molecule has 0 unspecified atom stereocenters. The number of nitrogens with one attached hydrogen (secondary N) is 3. The zero-order valence-corrected chi connectivity index (χ0v) is 23.4. The van der Waals surface area contributed by atoms with Gasteiger partial charge in [0, 0.05) is 31.0 Å². The minimum absolute atomic E-state index is 0.00379. The Kier molecular flexibility index (Phi) is 7.81. The van der Waals surface area contributed by atoms with Gasteiger partial charge in [-0.3, -0.25) is 9.89 Å². The molecule has 4 aromatic rings. The van der Waals surface area contributed by atoms with Crippen LogP contribution in [0.5, 0.6) is 0 Å². The predicted molar refractivity (Wildman–Crippen MR) is 149 cm³/mol. The molecule has 12 heteroatoms. The topological polar surface area (TPSA) is 146 Å². The van der Waals surface area contributed by atoms with Gasteiger partial charge in [-0.25, -0.2) is 19.0 Å². The summed E-state index contributed by atoms with van der Waals surface area (Å²) < 4.78 is 20.5. The van der Waals surface area contributed by atoms with Crippen LogP contribution in [0.15, 0.2) is 42.9 Å². The molecule has 3 N–H and O–H groups in total. The molecule has 1 atom stereocenters. The number of rotatable bonds is 8. The number of H-pyrrole nitrogens is 1. The van der Waals surface area contributed by atoms with Crippen LogP contribution in [0.1, 0.15) is 72.6 Å². The van der Waals surface area contributed by atoms with Crippen LogP contribution in [-0.2, 0) is 9.53 Å². The highest BCUT2D eigenvalue weighted by Crippen LogP contribution is 2.41. The number of halogens is 1. The molecule has 1 aliphatic rings. The first-order valence-corrected chi connectivity index (χ1v) is 13.4. The number of aromatic amines is 1. The van der Waals surface area contributed by atoms with Gasteiger partial charge in [-0.05, 0) is 69.7 Å². The van der Waals surface area contributed by atoms with Gasteiger partial charge in [0.15, 0.2) is 17.5 Å². The summed E-state index contributed by atoms with van der Waals surface area (Å²) in [5.74, 6) is 1.14. The van der Waals surface area contributed by atoms with E-state index in [9.17, 15) is 14.4 Å². The van der Waals surface area contributed by atoms with Crippen LogP contribution in [0.4, 0.5) is 16.0 Å². The monoisotopic (exact) mass is 557 g/mol. The maximum absolute atomic E-state index is 13.5. The van der Waals surface area contributed by atoms with Gasteiger partial charge in [0.1, 0.15) is 17.5 Å². The normalized spacial score (nSPS) is 19.4. The Balaban J connectivity index is 1.26.